The van der Waals surface area contributed by atoms with Gasteiger partial charge in [-0.25, -0.2) is 4.79 Å². The molecule has 0 aromatic heterocycles. The summed E-state index contributed by atoms with van der Waals surface area (Å²) in [7, 11) is 0. The van der Waals surface area contributed by atoms with Gasteiger partial charge in [0.2, 0.25) is 11.3 Å². The summed E-state index contributed by atoms with van der Waals surface area (Å²) < 4.78 is 12.4. The van der Waals surface area contributed by atoms with Crippen molar-refractivity contribution in [1.82, 2.24) is 10.2 Å². The quantitative estimate of drug-likeness (QED) is 0.392. The fraction of sp³-hybridized carbons (Fsp3) is 0.438. The minimum Gasteiger partial charge on any atom is -0.615 e. The van der Waals surface area contributed by atoms with Gasteiger partial charge in [-0.05, 0) is 16.7 Å². The largest absolute Gasteiger partial charge is 0.615 e. The molecule has 7 nitrogen and oxygen atoms in total. The van der Waals surface area contributed by atoms with Crippen LogP contribution in [0.3, 0.4) is 0 Å². The Bertz CT molecular complexity index is 688. The van der Waals surface area contributed by atoms with Gasteiger partial charge in [0.1, 0.15) is 11.8 Å². The molecule has 2 aliphatic rings. The van der Waals surface area contributed by atoms with E-state index in [-0.39, 0.29) is 18.1 Å². The van der Waals surface area contributed by atoms with Crippen molar-refractivity contribution in [3.05, 3.63) is 35.9 Å². The van der Waals surface area contributed by atoms with E-state index < -0.39 is 46.4 Å². The molecular weight excluding hydrogens is 412 g/mol. The Balaban J connectivity index is 1.70. The molecule has 2 aliphatic heterocycles. The molecule has 0 aliphatic carbocycles. The number of carbonyl (C=O) groups excluding carboxylic acids is 2. The number of rotatable bonds is 5. The molecule has 3 rings (SSSR count). The molecule has 1 aromatic rings. The van der Waals surface area contributed by atoms with Crippen molar-refractivity contribution in [2.75, 3.05) is 11.1 Å². The van der Waals surface area contributed by atoms with Crippen molar-refractivity contribution in [3.8, 4) is 0 Å². The van der Waals surface area contributed by atoms with Gasteiger partial charge in [-0.3, -0.25) is 14.5 Å². The molecule has 1 aromatic carbocycles. The summed E-state index contributed by atoms with van der Waals surface area (Å²) in [6, 6.07) is 7.13. The molecular formula is C16H17BrN2O5S. The van der Waals surface area contributed by atoms with Gasteiger partial charge >= 0.3 is 5.97 Å². The molecule has 2 N–H and O–H groups in total. The maximum atomic E-state index is 12.4. The number of halogens is 1. The first-order valence-corrected chi connectivity index (χ1v) is 10.3. The van der Waals surface area contributed by atoms with E-state index in [4.69, 9.17) is 0 Å². The Labute approximate surface area is 156 Å². The van der Waals surface area contributed by atoms with E-state index in [9.17, 15) is 24.0 Å². The Morgan fingerprint density at radius 2 is 2.04 bits per heavy atom. The second-order valence-electron chi connectivity index (χ2n) is 6.09. The summed E-state index contributed by atoms with van der Waals surface area (Å²) in [5.41, 5.74) is 0.802. The summed E-state index contributed by atoms with van der Waals surface area (Å²) in [5.74, 6) is -2.19. The van der Waals surface area contributed by atoms with Crippen LogP contribution in [0.5, 0.6) is 0 Å². The predicted molar refractivity (Wildman–Crippen MR) is 94.4 cm³/mol. The normalized spacial score (nSPS) is 31.0. The Morgan fingerprint density at radius 1 is 1.36 bits per heavy atom. The number of carboxylic acids is 1. The molecule has 0 radical (unpaired) electrons. The number of nitrogens with one attached hydrogen (secondary N) is 1. The van der Waals surface area contributed by atoms with Crippen LogP contribution in [0.2, 0.25) is 0 Å². The first kappa shape index (κ1) is 18.2. The number of benzene rings is 1. The van der Waals surface area contributed by atoms with Crippen molar-refractivity contribution < 1.29 is 24.0 Å². The van der Waals surface area contributed by atoms with Gasteiger partial charge in [0, 0.05) is 11.2 Å². The van der Waals surface area contributed by atoms with Crippen molar-refractivity contribution in [2.24, 2.45) is 5.92 Å². The third kappa shape index (κ3) is 3.40. The van der Waals surface area contributed by atoms with Crippen LogP contribution in [0.1, 0.15) is 5.56 Å². The average molecular weight is 429 g/mol. The van der Waals surface area contributed by atoms with E-state index in [1.807, 2.05) is 18.2 Å². The van der Waals surface area contributed by atoms with Crippen molar-refractivity contribution in [1.29, 1.82) is 0 Å². The molecule has 2 fully saturated rings. The number of amides is 2. The summed E-state index contributed by atoms with van der Waals surface area (Å²) in [4.78, 5) is 37.3. The van der Waals surface area contributed by atoms with Crippen LogP contribution < -0.4 is 5.32 Å². The van der Waals surface area contributed by atoms with Gasteiger partial charge in [-0.15, -0.1) is 0 Å². The first-order valence-electron chi connectivity index (χ1n) is 7.75. The zero-order chi connectivity index (χ0) is 18.1. The van der Waals surface area contributed by atoms with E-state index in [0.717, 1.165) is 10.5 Å². The van der Waals surface area contributed by atoms with Crippen LogP contribution in [0.25, 0.3) is 0 Å². The maximum absolute atomic E-state index is 12.4. The Kier molecular flexibility index (Phi) is 5.35. The van der Waals surface area contributed by atoms with Gasteiger partial charge in [-0.1, -0.05) is 46.3 Å². The minimum absolute atomic E-state index is 0.107. The third-order valence-corrected chi connectivity index (χ3v) is 7.08. The standard InChI is InChI=1S/C16H17BrN2O5S/c17-7-10-8-25(24)15-12(14(21)19(15)13(10)16(22)23)18-11(20)6-9-4-2-1-3-5-9/h1-5,10,12-13,15H,6-8H2,(H,18,20)(H,22,23)/t10?,12-,13-,15-,25+/m1/s1. The Morgan fingerprint density at radius 3 is 2.64 bits per heavy atom. The number of fused-ring (bicyclic) bond motifs is 1. The lowest BCUT2D eigenvalue weighted by Gasteiger charge is -2.53. The number of hydrogen-bond donors (Lipinski definition) is 2. The van der Waals surface area contributed by atoms with Gasteiger partial charge in [0.05, 0.1) is 6.42 Å². The molecule has 0 saturated carbocycles. The number of carbonyl (C=O) groups is 3. The highest BCUT2D eigenvalue weighted by atomic mass is 79.9. The van der Waals surface area contributed by atoms with Crippen LogP contribution >= 0.6 is 15.9 Å². The zero-order valence-electron chi connectivity index (χ0n) is 13.1. The molecule has 9 heteroatoms. The maximum Gasteiger partial charge on any atom is 0.327 e. The van der Waals surface area contributed by atoms with Crippen molar-refractivity contribution >= 4 is 44.9 Å². The number of hydrogen-bond acceptors (Lipinski definition) is 4. The van der Waals surface area contributed by atoms with Crippen molar-refractivity contribution in [2.45, 2.75) is 23.9 Å². The molecule has 0 bridgehead atoms. The van der Waals surface area contributed by atoms with Crippen molar-refractivity contribution in [3.63, 3.8) is 0 Å². The summed E-state index contributed by atoms with van der Waals surface area (Å²) in [6.07, 6.45) is 0.107. The monoisotopic (exact) mass is 428 g/mol. The number of alkyl halides is 1. The Hall–Kier alpha value is -1.58. The highest BCUT2D eigenvalue weighted by Crippen LogP contribution is 2.37. The number of aliphatic carboxylic acids is 1. The molecule has 5 atom stereocenters. The smallest absolute Gasteiger partial charge is 0.327 e. The number of β-lactam (4-membered cyclic amide) rings is 1. The lowest BCUT2D eigenvalue weighted by Crippen LogP contribution is -2.80. The fourth-order valence-corrected chi connectivity index (χ4v) is 6.06. The lowest BCUT2D eigenvalue weighted by molar-refractivity contribution is -0.165. The van der Waals surface area contributed by atoms with Crippen LogP contribution in [0.15, 0.2) is 30.3 Å². The number of nitrogens with zero attached hydrogens (tertiary/aromatic N) is 1. The lowest BCUT2D eigenvalue weighted by atomic mass is 9.94. The van der Waals surface area contributed by atoms with Crippen LogP contribution in [-0.2, 0) is 32.0 Å². The second-order valence-corrected chi connectivity index (χ2v) is 8.31. The van der Waals surface area contributed by atoms with E-state index in [0.29, 0.717) is 5.33 Å². The van der Waals surface area contributed by atoms with Gasteiger partial charge in [0.15, 0.2) is 6.04 Å². The summed E-state index contributed by atoms with van der Waals surface area (Å²) in [5, 5.41) is 11.6. The fourth-order valence-electron chi connectivity index (χ4n) is 3.28. The first-order chi connectivity index (χ1) is 11.9. The summed E-state index contributed by atoms with van der Waals surface area (Å²) in [6.45, 7) is 0. The SMILES string of the molecule is O=C(Cc1ccccc1)N[C@@H]1C(=O)N2[C@@H]1[S@@+]([O-])CC(CBr)[C@@H]2C(=O)O. The molecule has 0 spiro atoms. The van der Waals surface area contributed by atoms with E-state index in [2.05, 4.69) is 21.2 Å². The summed E-state index contributed by atoms with van der Waals surface area (Å²) >= 11 is 1.81. The predicted octanol–water partition coefficient (Wildman–Crippen LogP) is 0.109. The van der Waals surface area contributed by atoms with E-state index in [1.165, 1.54) is 0 Å². The highest BCUT2D eigenvalue weighted by Gasteiger charge is 2.64. The van der Waals surface area contributed by atoms with Gasteiger partial charge < -0.3 is 15.0 Å². The van der Waals surface area contributed by atoms with Crippen LogP contribution in [0.4, 0.5) is 0 Å². The third-order valence-electron chi connectivity index (χ3n) is 4.45. The minimum atomic E-state index is -1.41. The molecule has 1 unspecified atom stereocenters. The van der Waals surface area contributed by atoms with E-state index in [1.54, 1.807) is 12.1 Å². The zero-order valence-corrected chi connectivity index (χ0v) is 15.5. The molecule has 134 valence electrons. The second kappa shape index (κ2) is 7.35. The van der Waals surface area contributed by atoms with Crippen LogP contribution in [0, 0.1) is 5.92 Å². The van der Waals surface area contributed by atoms with Gasteiger partial charge in [0.25, 0.3) is 5.91 Å². The molecule has 2 amide bonds. The topological polar surface area (TPSA) is 110 Å². The van der Waals surface area contributed by atoms with Crippen LogP contribution in [-0.4, -0.2) is 60.9 Å². The van der Waals surface area contributed by atoms with Gasteiger partial charge in [-0.2, -0.15) is 0 Å². The van der Waals surface area contributed by atoms with E-state index >= 15 is 0 Å². The highest BCUT2D eigenvalue weighted by molar-refractivity contribution is 9.09. The molecule has 2 heterocycles. The molecule has 2 saturated heterocycles. The number of carboxylic acid groups (broad SMARTS) is 1. The average Bonchev–Trinajstić information content (AvgIpc) is 2.59. The molecule has 25 heavy (non-hydrogen) atoms.